The number of cyclic esters (lactones) is 1. The summed E-state index contributed by atoms with van der Waals surface area (Å²) < 4.78 is 9.77. The van der Waals surface area contributed by atoms with Crippen LogP contribution < -0.4 is 4.74 Å². The highest BCUT2D eigenvalue weighted by Gasteiger charge is 2.24. The summed E-state index contributed by atoms with van der Waals surface area (Å²) in [5.41, 5.74) is 2.93. The van der Waals surface area contributed by atoms with Crippen molar-refractivity contribution in [2.75, 3.05) is 7.11 Å². The molecule has 0 saturated heterocycles. The largest absolute Gasteiger partial charge is 0.497 e. The number of rotatable bonds is 2. The van der Waals surface area contributed by atoms with E-state index in [1.54, 1.807) is 19.2 Å². The summed E-state index contributed by atoms with van der Waals surface area (Å²) in [5.74, 6) is 6.39. The molecule has 1 N–H and O–H groups in total. The van der Waals surface area contributed by atoms with Crippen molar-refractivity contribution in [2.24, 2.45) is 0 Å². The molecule has 23 heavy (non-hydrogen) atoms. The maximum atomic E-state index is 11.1. The SMILES string of the molecule is COc1ccc(C#Cc2ccc(C3=CC(=O)OC3O)cc2)cc1. The molecule has 1 heterocycles. The normalized spacial score (nSPS) is 16.2. The summed E-state index contributed by atoms with van der Waals surface area (Å²) in [6.45, 7) is 0. The molecule has 0 fully saturated rings. The van der Waals surface area contributed by atoms with Gasteiger partial charge in [-0.05, 0) is 42.0 Å². The van der Waals surface area contributed by atoms with Gasteiger partial charge in [0.1, 0.15) is 5.75 Å². The van der Waals surface area contributed by atoms with Gasteiger partial charge in [0.15, 0.2) is 0 Å². The molecule has 0 amide bonds. The van der Waals surface area contributed by atoms with E-state index in [1.165, 1.54) is 6.08 Å². The van der Waals surface area contributed by atoms with Crippen molar-refractivity contribution in [2.45, 2.75) is 6.29 Å². The summed E-state index contributed by atoms with van der Waals surface area (Å²) in [4.78, 5) is 11.1. The number of carbonyl (C=O) groups excluding carboxylic acids is 1. The molecule has 0 radical (unpaired) electrons. The van der Waals surface area contributed by atoms with Crippen LogP contribution in [0.1, 0.15) is 16.7 Å². The molecule has 1 unspecified atom stereocenters. The molecule has 0 saturated carbocycles. The molecule has 114 valence electrons. The third kappa shape index (κ3) is 3.42. The Bertz CT molecular complexity index is 805. The standard InChI is InChI=1S/C19H14O4/c1-22-16-10-6-14(7-11-16)3-2-13-4-8-15(9-5-13)17-12-18(20)23-19(17)21/h4-12,19,21H,1H3. The molecule has 0 spiro atoms. The van der Waals surface area contributed by atoms with E-state index < -0.39 is 12.3 Å². The van der Waals surface area contributed by atoms with Crippen LogP contribution in [-0.4, -0.2) is 24.5 Å². The van der Waals surface area contributed by atoms with Gasteiger partial charge in [-0.2, -0.15) is 0 Å². The van der Waals surface area contributed by atoms with Crippen molar-refractivity contribution in [3.63, 3.8) is 0 Å². The lowest BCUT2D eigenvalue weighted by Crippen LogP contribution is -2.09. The number of methoxy groups -OCH3 is 1. The molecule has 2 aromatic carbocycles. The monoisotopic (exact) mass is 306 g/mol. The van der Waals surface area contributed by atoms with Crippen LogP contribution in [0.25, 0.3) is 5.57 Å². The highest BCUT2D eigenvalue weighted by Crippen LogP contribution is 2.24. The summed E-state index contributed by atoms with van der Waals surface area (Å²) in [7, 11) is 1.62. The average molecular weight is 306 g/mol. The first-order valence-electron chi connectivity index (χ1n) is 7.02. The van der Waals surface area contributed by atoms with Gasteiger partial charge >= 0.3 is 5.97 Å². The minimum absolute atomic E-state index is 0.463. The molecule has 0 bridgehead atoms. The van der Waals surface area contributed by atoms with Crippen molar-refractivity contribution >= 4 is 11.5 Å². The highest BCUT2D eigenvalue weighted by molar-refractivity contribution is 5.96. The van der Waals surface area contributed by atoms with Gasteiger partial charge in [0.25, 0.3) is 0 Å². The smallest absolute Gasteiger partial charge is 0.333 e. The molecule has 3 rings (SSSR count). The Labute approximate surface area is 134 Å². The first-order valence-corrected chi connectivity index (χ1v) is 7.02. The first kappa shape index (κ1) is 14.9. The summed E-state index contributed by atoms with van der Waals surface area (Å²) in [6.07, 6.45) is 0.0987. The average Bonchev–Trinajstić information content (AvgIpc) is 2.92. The van der Waals surface area contributed by atoms with E-state index in [2.05, 4.69) is 16.6 Å². The van der Waals surface area contributed by atoms with Crippen LogP contribution in [-0.2, 0) is 9.53 Å². The van der Waals surface area contributed by atoms with Crippen molar-refractivity contribution in [1.82, 2.24) is 0 Å². The quantitative estimate of drug-likeness (QED) is 0.683. The van der Waals surface area contributed by atoms with Crippen molar-refractivity contribution < 1.29 is 19.4 Å². The van der Waals surface area contributed by atoms with Crippen molar-refractivity contribution in [3.05, 3.63) is 71.3 Å². The lowest BCUT2D eigenvalue weighted by atomic mass is 10.0. The number of esters is 1. The maximum Gasteiger partial charge on any atom is 0.333 e. The number of benzene rings is 2. The number of aliphatic hydroxyl groups is 1. The highest BCUT2D eigenvalue weighted by atomic mass is 16.6. The topological polar surface area (TPSA) is 55.8 Å². The fourth-order valence-electron chi connectivity index (χ4n) is 2.20. The van der Waals surface area contributed by atoms with E-state index in [1.807, 2.05) is 36.4 Å². The van der Waals surface area contributed by atoms with Gasteiger partial charge in [-0.3, -0.25) is 0 Å². The molecule has 2 aromatic rings. The lowest BCUT2D eigenvalue weighted by Gasteiger charge is -2.07. The van der Waals surface area contributed by atoms with Crippen LogP contribution in [0.2, 0.25) is 0 Å². The molecule has 0 aliphatic carbocycles. The number of hydrogen-bond acceptors (Lipinski definition) is 4. The van der Waals surface area contributed by atoms with E-state index in [0.29, 0.717) is 5.57 Å². The minimum Gasteiger partial charge on any atom is -0.497 e. The molecule has 1 aliphatic heterocycles. The van der Waals surface area contributed by atoms with E-state index in [0.717, 1.165) is 22.4 Å². The van der Waals surface area contributed by atoms with Gasteiger partial charge in [-0.1, -0.05) is 24.0 Å². The predicted octanol–water partition coefficient (Wildman–Crippen LogP) is 2.35. The Morgan fingerprint density at radius 3 is 2.04 bits per heavy atom. The predicted molar refractivity (Wildman–Crippen MR) is 85.5 cm³/mol. The molecular weight excluding hydrogens is 292 g/mol. The fourth-order valence-corrected chi connectivity index (χ4v) is 2.20. The Morgan fingerprint density at radius 1 is 1.00 bits per heavy atom. The second-order valence-corrected chi connectivity index (χ2v) is 4.94. The summed E-state index contributed by atoms with van der Waals surface area (Å²) in [6, 6.07) is 14.8. The minimum atomic E-state index is -1.20. The summed E-state index contributed by atoms with van der Waals surface area (Å²) >= 11 is 0. The van der Waals surface area contributed by atoms with Gasteiger partial charge in [0, 0.05) is 22.8 Å². The molecule has 1 atom stereocenters. The van der Waals surface area contributed by atoms with E-state index in [-0.39, 0.29) is 0 Å². The lowest BCUT2D eigenvalue weighted by molar-refractivity contribution is -0.149. The second kappa shape index (κ2) is 6.39. The molecule has 1 aliphatic rings. The van der Waals surface area contributed by atoms with Crippen LogP contribution in [0.3, 0.4) is 0 Å². The van der Waals surface area contributed by atoms with Gasteiger partial charge in [-0.25, -0.2) is 4.79 Å². The van der Waals surface area contributed by atoms with Gasteiger partial charge in [-0.15, -0.1) is 0 Å². The number of carbonyl (C=O) groups is 1. The fraction of sp³-hybridized carbons (Fsp3) is 0.105. The zero-order valence-electron chi connectivity index (χ0n) is 12.4. The molecule has 4 heteroatoms. The van der Waals surface area contributed by atoms with E-state index in [9.17, 15) is 9.90 Å². The van der Waals surface area contributed by atoms with Gasteiger partial charge in [0.2, 0.25) is 6.29 Å². The Morgan fingerprint density at radius 2 is 1.57 bits per heavy atom. The third-order valence-electron chi connectivity index (χ3n) is 3.43. The van der Waals surface area contributed by atoms with Gasteiger partial charge in [0.05, 0.1) is 7.11 Å². The van der Waals surface area contributed by atoms with Gasteiger partial charge < -0.3 is 14.6 Å². The number of hydrogen-bond donors (Lipinski definition) is 1. The first-order chi connectivity index (χ1) is 11.2. The van der Waals surface area contributed by atoms with Crippen molar-refractivity contribution in [1.29, 1.82) is 0 Å². The van der Waals surface area contributed by atoms with Crippen LogP contribution in [0.5, 0.6) is 5.75 Å². The Kier molecular flexibility index (Phi) is 4.13. The molecule has 0 aromatic heterocycles. The van der Waals surface area contributed by atoms with E-state index in [4.69, 9.17) is 4.74 Å². The van der Waals surface area contributed by atoms with Crippen LogP contribution in [0.15, 0.2) is 54.6 Å². The Hall–Kier alpha value is -3.03. The Balaban J connectivity index is 1.77. The molecule has 4 nitrogen and oxygen atoms in total. The second-order valence-electron chi connectivity index (χ2n) is 4.94. The van der Waals surface area contributed by atoms with Crippen LogP contribution in [0.4, 0.5) is 0 Å². The maximum absolute atomic E-state index is 11.1. The van der Waals surface area contributed by atoms with E-state index >= 15 is 0 Å². The number of ether oxygens (including phenoxy) is 2. The van der Waals surface area contributed by atoms with Crippen LogP contribution in [0, 0.1) is 11.8 Å². The number of aliphatic hydroxyl groups excluding tert-OH is 1. The zero-order chi connectivity index (χ0) is 16.2. The summed E-state index contributed by atoms with van der Waals surface area (Å²) in [5, 5.41) is 9.63. The van der Waals surface area contributed by atoms with Crippen LogP contribution >= 0.6 is 0 Å². The van der Waals surface area contributed by atoms with Crippen molar-refractivity contribution in [3.8, 4) is 17.6 Å². The zero-order valence-corrected chi connectivity index (χ0v) is 12.4. The third-order valence-corrected chi connectivity index (χ3v) is 3.43. The molecular formula is C19H14O4.